The van der Waals surface area contributed by atoms with Gasteiger partial charge in [-0.3, -0.25) is 9.59 Å². The number of Topliss-reactive ketones (excluding diaryl/α,β-unsaturated/α-hetero) is 1. The minimum Gasteiger partial charge on any atom is -0.462 e. The van der Waals surface area contributed by atoms with Crippen LogP contribution in [0.1, 0.15) is 77.0 Å². The number of hydrogen-bond donors (Lipinski definition) is 2. The van der Waals surface area contributed by atoms with Crippen LogP contribution in [0.15, 0.2) is 0 Å². The van der Waals surface area contributed by atoms with Crippen molar-refractivity contribution in [3.8, 4) is 0 Å². The summed E-state index contributed by atoms with van der Waals surface area (Å²) >= 11 is 7.21. The van der Waals surface area contributed by atoms with Crippen LogP contribution in [0, 0.1) is 0 Å². The summed E-state index contributed by atoms with van der Waals surface area (Å²) in [5.41, 5.74) is 0.854. The van der Waals surface area contributed by atoms with E-state index in [1.165, 1.54) is 0 Å². The van der Waals surface area contributed by atoms with E-state index < -0.39 is 5.97 Å². The zero-order valence-electron chi connectivity index (χ0n) is 19.8. The van der Waals surface area contributed by atoms with Crippen molar-refractivity contribution >= 4 is 45.7 Å². The maximum atomic E-state index is 12.8. The summed E-state index contributed by atoms with van der Waals surface area (Å²) in [4.78, 5) is 51.3. The first-order chi connectivity index (χ1) is 16.3. The van der Waals surface area contributed by atoms with Gasteiger partial charge in [0.15, 0.2) is 21.9 Å². The van der Waals surface area contributed by atoms with Gasteiger partial charge in [-0.05, 0) is 26.7 Å². The average Bonchev–Trinajstić information content (AvgIpc) is 3.44. The predicted octanol–water partition coefficient (Wildman–Crippen LogP) is 3.27. The van der Waals surface area contributed by atoms with E-state index >= 15 is 0 Å². The van der Waals surface area contributed by atoms with Gasteiger partial charge in [-0.1, -0.05) is 36.8 Å². The van der Waals surface area contributed by atoms with Gasteiger partial charge in [-0.25, -0.2) is 14.8 Å². The van der Waals surface area contributed by atoms with Crippen LogP contribution in [0.5, 0.6) is 0 Å². The van der Waals surface area contributed by atoms with E-state index in [2.05, 4.69) is 20.3 Å². The quantitative estimate of drug-likeness (QED) is 0.367. The lowest BCUT2D eigenvalue weighted by Gasteiger charge is -2.38. The second-order valence-electron chi connectivity index (χ2n) is 7.69. The highest BCUT2D eigenvalue weighted by molar-refractivity contribution is 7.17. The molecule has 1 saturated heterocycles. The Morgan fingerprint density at radius 2 is 1.97 bits per heavy atom. The Hall–Kier alpha value is -2.50. The molecule has 1 aliphatic heterocycles. The number of esters is 1. The summed E-state index contributed by atoms with van der Waals surface area (Å²) in [6.07, 6.45) is 1.14. The molecule has 0 aliphatic carbocycles. The second kappa shape index (κ2) is 11.8. The molecule has 2 N–H and O–H groups in total. The smallest absolute Gasteiger partial charge is 0.350 e. The number of H-pyrrole nitrogens is 1. The van der Waals surface area contributed by atoms with Gasteiger partial charge in [0.25, 0.3) is 5.91 Å². The SMILES string of the molecule is CCOC(=O)c1sc(N2CCC(NC(=O)c3nc(Cl)c(CC)[nH]3)C(OCC)C2)nc1C(=O)CC. The number of carbonyl (C=O) groups excluding carboxylic acids is 3. The van der Waals surface area contributed by atoms with E-state index in [1.54, 1.807) is 13.8 Å². The lowest BCUT2D eigenvalue weighted by atomic mass is 10.0. The number of aromatic nitrogens is 3. The van der Waals surface area contributed by atoms with E-state index in [9.17, 15) is 14.4 Å². The highest BCUT2D eigenvalue weighted by Crippen LogP contribution is 2.31. The number of amides is 1. The Kier molecular flexibility index (Phi) is 9.03. The van der Waals surface area contributed by atoms with Crippen molar-refractivity contribution in [2.24, 2.45) is 0 Å². The number of nitrogens with zero attached hydrogens (tertiary/aromatic N) is 3. The van der Waals surface area contributed by atoms with Gasteiger partial charge < -0.3 is 24.7 Å². The molecule has 34 heavy (non-hydrogen) atoms. The van der Waals surface area contributed by atoms with Crippen LogP contribution >= 0.6 is 22.9 Å². The number of thiazole rings is 1. The molecule has 1 fully saturated rings. The number of hydrogen-bond acceptors (Lipinski definition) is 9. The maximum Gasteiger partial charge on any atom is 0.350 e. The van der Waals surface area contributed by atoms with Crippen LogP contribution < -0.4 is 10.2 Å². The van der Waals surface area contributed by atoms with Crippen LogP contribution in [-0.4, -0.2) is 71.1 Å². The van der Waals surface area contributed by atoms with Gasteiger partial charge in [-0.2, -0.15) is 0 Å². The van der Waals surface area contributed by atoms with E-state index in [-0.39, 0.29) is 53.3 Å². The molecule has 2 aromatic heterocycles. The third-order valence-electron chi connectivity index (χ3n) is 5.49. The molecule has 3 heterocycles. The summed E-state index contributed by atoms with van der Waals surface area (Å²) in [5.74, 6) is -0.937. The Morgan fingerprint density at radius 3 is 2.59 bits per heavy atom. The van der Waals surface area contributed by atoms with Crippen LogP contribution in [0.25, 0.3) is 0 Å². The summed E-state index contributed by atoms with van der Waals surface area (Å²) in [5, 5.41) is 3.85. The molecule has 10 nitrogen and oxygen atoms in total. The van der Waals surface area contributed by atoms with Crippen molar-refractivity contribution in [1.29, 1.82) is 0 Å². The van der Waals surface area contributed by atoms with Crippen molar-refractivity contribution in [2.45, 2.75) is 59.1 Å². The monoisotopic (exact) mass is 511 g/mol. The highest BCUT2D eigenvalue weighted by Gasteiger charge is 2.34. The number of imidazole rings is 1. The molecule has 1 aliphatic rings. The van der Waals surface area contributed by atoms with Crippen molar-refractivity contribution < 1.29 is 23.9 Å². The number of nitrogens with one attached hydrogen (secondary N) is 2. The first kappa shape index (κ1) is 26.1. The van der Waals surface area contributed by atoms with Gasteiger partial charge >= 0.3 is 5.97 Å². The van der Waals surface area contributed by atoms with E-state index in [0.29, 0.717) is 48.5 Å². The molecule has 12 heteroatoms. The third kappa shape index (κ3) is 5.76. The van der Waals surface area contributed by atoms with Crippen molar-refractivity contribution in [3.05, 3.63) is 27.2 Å². The normalized spacial score (nSPS) is 18.1. The molecule has 0 aromatic carbocycles. The number of carbonyl (C=O) groups is 3. The highest BCUT2D eigenvalue weighted by atomic mass is 35.5. The Bertz CT molecular complexity index is 1040. The van der Waals surface area contributed by atoms with Gasteiger partial charge in [0.05, 0.1) is 24.4 Å². The third-order valence-corrected chi connectivity index (χ3v) is 6.89. The number of halogens is 1. The zero-order valence-corrected chi connectivity index (χ0v) is 21.3. The largest absolute Gasteiger partial charge is 0.462 e. The summed E-state index contributed by atoms with van der Waals surface area (Å²) in [6, 6.07) is -0.251. The summed E-state index contributed by atoms with van der Waals surface area (Å²) < 4.78 is 11.0. The second-order valence-corrected chi connectivity index (χ2v) is 9.02. The summed E-state index contributed by atoms with van der Waals surface area (Å²) in [6.45, 7) is 8.92. The number of ether oxygens (including phenoxy) is 2. The molecule has 0 radical (unpaired) electrons. The fourth-order valence-corrected chi connectivity index (χ4v) is 5.02. The van der Waals surface area contributed by atoms with Crippen LogP contribution in [0.2, 0.25) is 5.15 Å². The molecule has 1 amide bonds. The van der Waals surface area contributed by atoms with Crippen molar-refractivity contribution in [1.82, 2.24) is 20.3 Å². The standard InChI is InChI=1S/C22H30ClN5O5S/c1-5-12-18(23)27-19(24-12)20(30)25-13-9-10-28(11-15(13)32-7-3)22-26-16(14(29)6-2)17(34-22)21(31)33-8-4/h13,15H,5-11H2,1-4H3,(H,24,27)(H,25,30). The average molecular weight is 512 g/mol. The fourth-order valence-electron chi connectivity index (χ4n) is 3.74. The number of ketones is 1. The Labute approximate surface area is 207 Å². The van der Waals surface area contributed by atoms with Gasteiger partial charge in [0.2, 0.25) is 0 Å². The molecule has 0 saturated carbocycles. The first-order valence-electron chi connectivity index (χ1n) is 11.5. The number of anilines is 1. The Balaban J connectivity index is 1.77. The Morgan fingerprint density at radius 1 is 1.21 bits per heavy atom. The lowest BCUT2D eigenvalue weighted by Crippen LogP contribution is -2.55. The number of aromatic amines is 1. The summed E-state index contributed by atoms with van der Waals surface area (Å²) in [7, 11) is 0. The van der Waals surface area contributed by atoms with Crippen molar-refractivity contribution in [3.63, 3.8) is 0 Å². The first-order valence-corrected chi connectivity index (χ1v) is 12.6. The van der Waals surface area contributed by atoms with Crippen molar-refractivity contribution in [2.75, 3.05) is 31.2 Å². The molecule has 2 unspecified atom stereocenters. The fraction of sp³-hybridized carbons (Fsp3) is 0.591. The predicted molar refractivity (Wildman–Crippen MR) is 129 cm³/mol. The maximum absolute atomic E-state index is 12.8. The molecule has 0 bridgehead atoms. The van der Waals surface area contributed by atoms with Gasteiger partial charge in [0.1, 0.15) is 10.6 Å². The van der Waals surface area contributed by atoms with Crippen LogP contribution in [-0.2, 0) is 15.9 Å². The number of aryl methyl sites for hydroxylation is 1. The molecule has 3 rings (SSSR count). The molecule has 2 aromatic rings. The molecule has 0 spiro atoms. The van der Waals surface area contributed by atoms with Gasteiger partial charge in [-0.15, -0.1) is 0 Å². The number of rotatable bonds is 10. The van der Waals surface area contributed by atoms with E-state index in [1.807, 2.05) is 18.7 Å². The lowest BCUT2D eigenvalue weighted by molar-refractivity contribution is 0.0271. The van der Waals surface area contributed by atoms with Crippen LogP contribution in [0.4, 0.5) is 5.13 Å². The molecule has 186 valence electrons. The minimum absolute atomic E-state index is 0.144. The molecular formula is C22H30ClN5O5S. The van der Waals surface area contributed by atoms with E-state index in [0.717, 1.165) is 11.3 Å². The zero-order chi connectivity index (χ0) is 24.8. The van der Waals surface area contributed by atoms with Crippen LogP contribution in [0.3, 0.4) is 0 Å². The topological polar surface area (TPSA) is 127 Å². The van der Waals surface area contributed by atoms with E-state index in [4.69, 9.17) is 21.1 Å². The number of piperidine rings is 1. The molecular weight excluding hydrogens is 482 g/mol. The van der Waals surface area contributed by atoms with Gasteiger partial charge in [0, 0.05) is 26.1 Å². The molecule has 2 atom stereocenters. The minimum atomic E-state index is -0.546.